The Hall–Kier alpha value is -2.96. The summed E-state index contributed by atoms with van der Waals surface area (Å²) in [5.74, 6) is -4.10. The van der Waals surface area contributed by atoms with Gasteiger partial charge < -0.3 is 4.74 Å². The smallest absolute Gasteiger partial charge is 0.399 e. The molecule has 1 saturated carbocycles. The number of halogens is 6. The van der Waals surface area contributed by atoms with E-state index in [1.54, 1.807) is 6.07 Å². The van der Waals surface area contributed by atoms with Gasteiger partial charge in [0.1, 0.15) is 5.82 Å². The van der Waals surface area contributed by atoms with Crippen molar-refractivity contribution in [2.75, 3.05) is 0 Å². The molecule has 0 heterocycles. The van der Waals surface area contributed by atoms with Crippen molar-refractivity contribution in [2.45, 2.75) is 57.7 Å². The molecular formula is C28H26F6O. The minimum Gasteiger partial charge on any atom is -0.399 e. The third kappa shape index (κ3) is 6.00. The second-order valence-corrected chi connectivity index (χ2v) is 9.14. The second kappa shape index (κ2) is 10.3. The summed E-state index contributed by atoms with van der Waals surface area (Å²) >= 11 is 0. The lowest BCUT2D eigenvalue weighted by atomic mass is 9.77. The van der Waals surface area contributed by atoms with Crippen LogP contribution in [0.5, 0.6) is 5.75 Å². The topological polar surface area (TPSA) is 9.23 Å². The molecule has 0 radical (unpaired) electrons. The Balaban J connectivity index is 1.51. The molecule has 0 saturated heterocycles. The van der Waals surface area contributed by atoms with Gasteiger partial charge >= 0.3 is 6.36 Å². The van der Waals surface area contributed by atoms with Crippen molar-refractivity contribution >= 4 is 0 Å². The van der Waals surface area contributed by atoms with Gasteiger partial charge in [-0.05, 0) is 78.0 Å². The van der Waals surface area contributed by atoms with Crippen molar-refractivity contribution in [3.8, 4) is 28.0 Å². The lowest BCUT2D eigenvalue weighted by molar-refractivity contribution is -0.276. The summed E-state index contributed by atoms with van der Waals surface area (Å²) in [6.07, 6.45) is 2.11. The fraction of sp³-hybridized carbons (Fsp3) is 0.357. The van der Waals surface area contributed by atoms with E-state index in [1.165, 1.54) is 56.2 Å². The molecule has 0 aromatic heterocycles. The summed E-state index contributed by atoms with van der Waals surface area (Å²) < 4.78 is 83.5. The fourth-order valence-electron chi connectivity index (χ4n) is 5.00. The Morgan fingerprint density at radius 1 is 0.743 bits per heavy atom. The lowest BCUT2D eigenvalue weighted by Gasteiger charge is -2.28. The Bertz CT molecular complexity index is 1140. The van der Waals surface area contributed by atoms with E-state index < -0.39 is 29.6 Å². The molecule has 1 aliphatic rings. The highest BCUT2D eigenvalue weighted by Crippen LogP contribution is 2.39. The monoisotopic (exact) mass is 492 g/mol. The van der Waals surface area contributed by atoms with E-state index in [4.69, 9.17) is 0 Å². The summed E-state index contributed by atoms with van der Waals surface area (Å²) in [5.41, 5.74) is 2.29. The van der Waals surface area contributed by atoms with Crippen LogP contribution in [0.3, 0.4) is 0 Å². The molecular weight excluding hydrogens is 466 g/mol. The third-order valence-corrected chi connectivity index (χ3v) is 6.76. The maximum atomic E-state index is 14.9. The van der Waals surface area contributed by atoms with E-state index in [0.29, 0.717) is 23.6 Å². The molecule has 0 N–H and O–H groups in total. The van der Waals surface area contributed by atoms with Gasteiger partial charge in [-0.15, -0.1) is 13.2 Å². The van der Waals surface area contributed by atoms with E-state index in [2.05, 4.69) is 23.8 Å². The van der Waals surface area contributed by atoms with Crippen LogP contribution in [0, 0.1) is 23.4 Å². The maximum absolute atomic E-state index is 14.9. The molecule has 0 atom stereocenters. The fourth-order valence-corrected chi connectivity index (χ4v) is 5.00. The van der Waals surface area contributed by atoms with Crippen molar-refractivity contribution < 1.29 is 31.1 Å². The Kier molecular flexibility index (Phi) is 7.43. The molecule has 4 rings (SSSR count). The summed E-state index contributed by atoms with van der Waals surface area (Å²) in [4.78, 5) is 0. The van der Waals surface area contributed by atoms with Crippen LogP contribution in [0.1, 0.15) is 56.9 Å². The highest BCUT2D eigenvalue weighted by molar-refractivity contribution is 5.71. The van der Waals surface area contributed by atoms with Crippen LogP contribution < -0.4 is 4.74 Å². The summed E-state index contributed by atoms with van der Waals surface area (Å²) in [5, 5.41) is 0. The van der Waals surface area contributed by atoms with E-state index >= 15 is 0 Å². The Labute approximate surface area is 200 Å². The number of hydrogen-bond acceptors (Lipinski definition) is 1. The van der Waals surface area contributed by atoms with Crippen LogP contribution in [-0.4, -0.2) is 6.36 Å². The normalized spacial score (nSPS) is 18.5. The van der Waals surface area contributed by atoms with Crippen LogP contribution >= 0.6 is 0 Å². The van der Waals surface area contributed by atoms with Gasteiger partial charge in [-0.2, -0.15) is 0 Å². The minimum absolute atomic E-state index is 0.134. The van der Waals surface area contributed by atoms with Gasteiger partial charge in [0.2, 0.25) is 5.75 Å². The molecule has 1 fully saturated rings. The summed E-state index contributed by atoms with van der Waals surface area (Å²) in [6.45, 7) is 2.22. The van der Waals surface area contributed by atoms with Crippen LogP contribution in [0.15, 0.2) is 54.6 Å². The first-order valence-electron chi connectivity index (χ1n) is 11.8. The van der Waals surface area contributed by atoms with Crippen molar-refractivity contribution in [2.24, 2.45) is 5.92 Å². The van der Waals surface area contributed by atoms with Gasteiger partial charge in [0.25, 0.3) is 0 Å². The van der Waals surface area contributed by atoms with Gasteiger partial charge in [-0.25, -0.2) is 13.2 Å². The van der Waals surface area contributed by atoms with Crippen LogP contribution in [0.4, 0.5) is 26.3 Å². The highest BCUT2D eigenvalue weighted by atomic mass is 19.4. The third-order valence-electron chi connectivity index (χ3n) is 6.76. The molecule has 1 aliphatic carbocycles. The van der Waals surface area contributed by atoms with Crippen LogP contribution in [0.25, 0.3) is 22.3 Å². The molecule has 0 spiro atoms. The van der Waals surface area contributed by atoms with Crippen LogP contribution in [0.2, 0.25) is 0 Å². The predicted octanol–water partition coefficient (Wildman–Crippen LogP) is 9.41. The SMILES string of the molecule is CCCC1CCC(c2ccc(-c3ccc(-c4cc(F)c(OC(F)(F)F)c(F)c4)c(F)c3)cc2)CC1. The van der Waals surface area contributed by atoms with Gasteiger partial charge in [0, 0.05) is 5.56 Å². The van der Waals surface area contributed by atoms with E-state index in [-0.39, 0.29) is 11.1 Å². The standard InChI is InChI=1S/C28H26F6O/c1-2-3-17-4-6-18(7-5-17)19-8-10-20(11-9-19)21-12-13-23(24(29)14-21)22-15-25(30)27(26(31)16-22)35-28(32,33)34/h8-18H,2-7H2,1H3. The number of hydrogen-bond donors (Lipinski definition) is 0. The zero-order chi connectivity index (χ0) is 25.2. The molecule has 0 unspecified atom stereocenters. The van der Waals surface area contributed by atoms with E-state index in [9.17, 15) is 26.3 Å². The number of benzene rings is 3. The van der Waals surface area contributed by atoms with E-state index in [1.807, 2.05) is 12.1 Å². The summed E-state index contributed by atoms with van der Waals surface area (Å²) in [7, 11) is 0. The number of rotatable bonds is 6. The maximum Gasteiger partial charge on any atom is 0.573 e. The molecule has 35 heavy (non-hydrogen) atoms. The molecule has 186 valence electrons. The van der Waals surface area contributed by atoms with Gasteiger partial charge in [-0.1, -0.05) is 56.2 Å². The average Bonchev–Trinajstić information content (AvgIpc) is 2.81. The minimum atomic E-state index is -5.25. The quantitative estimate of drug-likeness (QED) is 0.312. The van der Waals surface area contributed by atoms with Gasteiger partial charge in [-0.3, -0.25) is 0 Å². The van der Waals surface area contributed by atoms with Crippen molar-refractivity contribution in [3.05, 3.63) is 77.6 Å². The zero-order valence-electron chi connectivity index (χ0n) is 19.3. The average molecular weight is 493 g/mol. The van der Waals surface area contributed by atoms with Crippen LogP contribution in [-0.2, 0) is 0 Å². The Morgan fingerprint density at radius 3 is 1.86 bits per heavy atom. The van der Waals surface area contributed by atoms with Gasteiger partial charge in [0.05, 0.1) is 0 Å². The van der Waals surface area contributed by atoms with Crippen molar-refractivity contribution in [3.63, 3.8) is 0 Å². The predicted molar refractivity (Wildman–Crippen MR) is 123 cm³/mol. The highest BCUT2D eigenvalue weighted by Gasteiger charge is 2.34. The largest absolute Gasteiger partial charge is 0.573 e. The summed E-state index contributed by atoms with van der Waals surface area (Å²) in [6, 6.07) is 13.4. The molecule has 0 amide bonds. The second-order valence-electron chi connectivity index (χ2n) is 9.14. The molecule has 3 aromatic rings. The molecule has 3 aromatic carbocycles. The van der Waals surface area contributed by atoms with Crippen molar-refractivity contribution in [1.29, 1.82) is 0 Å². The van der Waals surface area contributed by atoms with E-state index in [0.717, 1.165) is 11.5 Å². The lowest BCUT2D eigenvalue weighted by Crippen LogP contribution is -2.19. The van der Waals surface area contributed by atoms with Crippen molar-refractivity contribution in [1.82, 2.24) is 0 Å². The van der Waals surface area contributed by atoms with Gasteiger partial charge in [0.15, 0.2) is 11.6 Å². The molecule has 0 bridgehead atoms. The first-order chi connectivity index (χ1) is 16.6. The Morgan fingerprint density at radius 2 is 1.31 bits per heavy atom. The number of alkyl halides is 3. The molecule has 7 heteroatoms. The zero-order valence-corrected chi connectivity index (χ0v) is 19.3. The molecule has 0 aliphatic heterocycles. The molecule has 1 nitrogen and oxygen atoms in total. The first-order valence-corrected chi connectivity index (χ1v) is 11.8. The number of ether oxygens (including phenoxy) is 1. The first kappa shape index (κ1) is 25.1.